The number of benzene rings is 2. The summed E-state index contributed by atoms with van der Waals surface area (Å²) in [5, 5.41) is 20.4. The minimum absolute atomic E-state index is 0.0495. The molecule has 6 heteroatoms. The van der Waals surface area contributed by atoms with Crippen LogP contribution in [0, 0.1) is 0 Å². The molecular formula is C20H16O6. The van der Waals surface area contributed by atoms with Crippen LogP contribution in [-0.2, 0) is 6.42 Å². The van der Waals surface area contributed by atoms with E-state index in [2.05, 4.69) is 6.58 Å². The second-order valence-electron chi connectivity index (χ2n) is 6.90. The quantitative estimate of drug-likeness (QED) is 0.768. The number of ether oxygens (including phenoxy) is 3. The Hall–Kier alpha value is -3.15. The maximum absolute atomic E-state index is 13.1. The molecule has 3 aliphatic heterocycles. The van der Waals surface area contributed by atoms with Gasteiger partial charge in [0.2, 0.25) is 0 Å². The highest BCUT2D eigenvalue weighted by atomic mass is 16.7. The van der Waals surface area contributed by atoms with Gasteiger partial charge in [0.05, 0.1) is 0 Å². The van der Waals surface area contributed by atoms with E-state index in [1.165, 1.54) is 12.1 Å². The third kappa shape index (κ3) is 1.89. The van der Waals surface area contributed by atoms with E-state index in [0.29, 0.717) is 29.0 Å². The molecule has 2 aromatic rings. The Morgan fingerprint density at radius 3 is 2.65 bits per heavy atom. The van der Waals surface area contributed by atoms with E-state index in [0.717, 1.165) is 5.57 Å². The molecule has 2 aromatic carbocycles. The maximum Gasteiger partial charge on any atom is 0.255 e. The Kier molecular flexibility index (Phi) is 2.88. The predicted molar refractivity (Wildman–Crippen MR) is 91.3 cm³/mol. The van der Waals surface area contributed by atoms with Gasteiger partial charge in [0.1, 0.15) is 46.3 Å². The van der Waals surface area contributed by atoms with Crippen molar-refractivity contribution in [1.82, 2.24) is 0 Å². The lowest BCUT2D eigenvalue weighted by Gasteiger charge is -2.27. The lowest BCUT2D eigenvalue weighted by atomic mass is 9.87. The molecular weight excluding hydrogens is 336 g/mol. The molecule has 0 saturated heterocycles. The molecule has 132 valence electrons. The zero-order valence-electron chi connectivity index (χ0n) is 14.0. The van der Waals surface area contributed by atoms with E-state index < -0.39 is 12.2 Å². The summed E-state index contributed by atoms with van der Waals surface area (Å²) in [5.41, 5.74) is 2.23. The van der Waals surface area contributed by atoms with E-state index in [9.17, 15) is 15.0 Å². The van der Waals surface area contributed by atoms with Crippen molar-refractivity contribution in [2.45, 2.75) is 31.7 Å². The van der Waals surface area contributed by atoms with Crippen molar-refractivity contribution < 1.29 is 29.2 Å². The molecule has 0 amide bonds. The second-order valence-corrected chi connectivity index (χ2v) is 6.90. The average Bonchev–Trinajstić information content (AvgIpc) is 3.15. The van der Waals surface area contributed by atoms with E-state index in [1.54, 1.807) is 12.1 Å². The Labute approximate surface area is 149 Å². The summed E-state index contributed by atoms with van der Waals surface area (Å²) in [6.07, 6.45) is -0.594. The van der Waals surface area contributed by atoms with Gasteiger partial charge in [0, 0.05) is 29.7 Å². The molecule has 3 heterocycles. The monoisotopic (exact) mass is 352 g/mol. The van der Waals surface area contributed by atoms with Gasteiger partial charge in [-0.3, -0.25) is 4.79 Å². The number of hydrogen-bond donors (Lipinski definition) is 2. The van der Waals surface area contributed by atoms with Crippen molar-refractivity contribution in [3.63, 3.8) is 0 Å². The van der Waals surface area contributed by atoms with Gasteiger partial charge >= 0.3 is 0 Å². The Morgan fingerprint density at radius 1 is 1.12 bits per heavy atom. The third-order valence-electron chi connectivity index (χ3n) is 5.16. The van der Waals surface area contributed by atoms with Crippen molar-refractivity contribution in [2.24, 2.45) is 0 Å². The number of Topliss-reactive ketones (excluding diaryl/α,β-unsaturated/α-hetero) is 1. The average molecular weight is 352 g/mol. The molecule has 6 nitrogen and oxygen atoms in total. The van der Waals surface area contributed by atoms with Crippen LogP contribution >= 0.6 is 0 Å². The number of carbonyl (C=O) groups excluding carboxylic acids is 1. The van der Waals surface area contributed by atoms with Gasteiger partial charge in [-0.15, -0.1) is 0 Å². The number of fused-ring (bicyclic) bond motifs is 5. The number of carbonyl (C=O) groups is 1. The molecule has 0 bridgehead atoms. The summed E-state index contributed by atoms with van der Waals surface area (Å²) in [6.45, 7) is 5.76. The number of phenolic OH excluding ortho intramolecular Hbond substituents is 2. The maximum atomic E-state index is 13.1. The summed E-state index contributed by atoms with van der Waals surface area (Å²) in [4.78, 5) is 13.1. The molecule has 0 radical (unpaired) electrons. The second kappa shape index (κ2) is 4.94. The van der Waals surface area contributed by atoms with Crippen LogP contribution in [0.4, 0.5) is 0 Å². The molecule has 0 aliphatic carbocycles. The van der Waals surface area contributed by atoms with Crippen molar-refractivity contribution >= 4 is 5.78 Å². The van der Waals surface area contributed by atoms with Crippen molar-refractivity contribution in [3.05, 3.63) is 53.1 Å². The summed E-state index contributed by atoms with van der Waals surface area (Å²) in [7, 11) is 0. The number of phenols is 2. The first-order chi connectivity index (χ1) is 12.4. The van der Waals surface area contributed by atoms with Crippen LogP contribution in [0.2, 0.25) is 0 Å². The lowest BCUT2D eigenvalue weighted by molar-refractivity contribution is -0.000974. The summed E-state index contributed by atoms with van der Waals surface area (Å²) in [6, 6.07) is 6.23. The summed E-state index contributed by atoms with van der Waals surface area (Å²) in [5.74, 6) is 0.152. The van der Waals surface area contributed by atoms with Gasteiger partial charge in [-0.2, -0.15) is 0 Å². The predicted octanol–water partition coefficient (Wildman–Crippen LogP) is 3.05. The van der Waals surface area contributed by atoms with Crippen LogP contribution in [0.25, 0.3) is 0 Å². The van der Waals surface area contributed by atoms with Crippen LogP contribution in [0.1, 0.15) is 34.3 Å². The first-order valence-electron chi connectivity index (χ1n) is 8.35. The molecule has 2 N–H and O–H groups in total. The largest absolute Gasteiger partial charge is 0.508 e. The number of aromatic hydroxyl groups is 2. The van der Waals surface area contributed by atoms with E-state index in [1.807, 2.05) is 6.92 Å². The van der Waals surface area contributed by atoms with Crippen LogP contribution in [-0.4, -0.2) is 28.4 Å². The van der Waals surface area contributed by atoms with E-state index in [-0.39, 0.29) is 34.7 Å². The fraction of sp³-hybridized carbons (Fsp3) is 0.250. The Morgan fingerprint density at radius 2 is 1.88 bits per heavy atom. The van der Waals surface area contributed by atoms with Crippen LogP contribution in [0.5, 0.6) is 28.7 Å². The minimum Gasteiger partial charge on any atom is -0.508 e. The fourth-order valence-electron chi connectivity index (χ4n) is 3.81. The van der Waals surface area contributed by atoms with E-state index >= 15 is 0 Å². The van der Waals surface area contributed by atoms with Gasteiger partial charge < -0.3 is 24.4 Å². The van der Waals surface area contributed by atoms with Gasteiger partial charge in [-0.1, -0.05) is 12.6 Å². The molecule has 26 heavy (non-hydrogen) atoms. The lowest BCUT2D eigenvalue weighted by Crippen LogP contribution is -2.35. The van der Waals surface area contributed by atoms with Gasteiger partial charge in [0.15, 0.2) is 5.78 Å². The van der Waals surface area contributed by atoms with Crippen LogP contribution < -0.4 is 14.2 Å². The normalized spacial score (nSPS) is 24.5. The standard InChI is InChI=1S/C20H16O6/c1-8(2)12-6-11-14(24-12)7-15-17(18(11)22)19(23)16-10-4-3-9(21)5-13(10)25-20(16)26-15/h3-5,7,12,16,20-22H,1,6H2,2H3/t12-,16-,20-/m0/s1. The van der Waals surface area contributed by atoms with Crippen LogP contribution in [0.15, 0.2) is 36.4 Å². The highest BCUT2D eigenvalue weighted by molar-refractivity contribution is 6.08. The minimum atomic E-state index is -0.831. The van der Waals surface area contributed by atoms with Crippen LogP contribution in [0.3, 0.4) is 0 Å². The fourth-order valence-corrected chi connectivity index (χ4v) is 3.81. The Bertz CT molecular complexity index is 992. The first-order valence-corrected chi connectivity index (χ1v) is 8.35. The van der Waals surface area contributed by atoms with Gasteiger partial charge in [-0.25, -0.2) is 0 Å². The molecule has 0 fully saturated rings. The van der Waals surface area contributed by atoms with Crippen molar-refractivity contribution in [3.8, 4) is 28.7 Å². The van der Waals surface area contributed by atoms with Gasteiger partial charge in [0.25, 0.3) is 6.29 Å². The zero-order valence-corrected chi connectivity index (χ0v) is 14.0. The molecule has 0 spiro atoms. The summed E-state index contributed by atoms with van der Waals surface area (Å²) >= 11 is 0. The number of hydrogen-bond acceptors (Lipinski definition) is 6. The molecule has 0 unspecified atom stereocenters. The van der Waals surface area contributed by atoms with Crippen molar-refractivity contribution in [2.75, 3.05) is 0 Å². The van der Waals surface area contributed by atoms with Crippen molar-refractivity contribution in [1.29, 1.82) is 0 Å². The SMILES string of the molecule is C=C(C)[C@@H]1Cc2c(cc3c(c2O)C(=O)[C@@H]2c4ccc(O)cc4O[C@H]2O3)O1. The first kappa shape index (κ1) is 15.1. The van der Waals surface area contributed by atoms with Gasteiger partial charge in [-0.05, 0) is 18.6 Å². The Balaban J connectivity index is 1.61. The topological polar surface area (TPSA) is 85.2 Å². The number of ketones is 1. The molecule has 3 aliphatic rings. The third-order valence-corrected chi connectivity index (χ3v) is 5.16. The number of rotatable bonds is 1. The molecule has 3 atom stereocenters. The van der Waals surface area contributed by atoms with E-state index in [4.69, 9.17) is 14.2 Å². The summed E-state index contributed by atoms with van der Waals surface area (Å²) < 4.78 is 17.4. The molecule has 0 aromatic heterocycles. The smallest absolute Gasteiger partial charge is 0.255 e. The molecule has 5 rings (SSSR count). The highest BCUT2D eigenvalue weighted by Gasteiger charge is 2.48. The zero-order chi connectivity index (χ0) is 18.2. The highest BCUT2D eigenvalue weighted by Crippen LogP contribution is 2.52. The molecule has 0 saturated carbocycles.